The van der Waals surface area contributed by atoms with Crippen LogP contribution in [0.3, 0.4) is 0 Å². The number of anilines is 1. The van der Waals surface area contributed by atoms with Crippen LogP contribution in [-0.4, -0.2) is 33.9 Å². The predicted molar refractivity (Wildman–Crippen MR) is 117 cm³/mol. The van der Waals surface area contributed by atoms with Gasteiger partial charge < -0.3 is 14.8 Å². The number of carbonyl (C=O) groups excluding carboxylic acids is 1. The summed E-state index contributed by atoms with van der Waals surface area (Å²) in [7, 11) is 0. The number of hydrogen-bond donors (Lipinski definition) is 2. The van der Waals surface area contributed by atoms with Crippen molar-refractivity contribution in [2.75, 3.05) is 18.5 Å². The Morgan fingerprint density at radius 1 is 1.21 bits per heavy atom. The van der Waals surface area contributed by atoms with Crippen LogP contribution < -0.4 is 14.8 Å². The second-order valence-electron chi connectivity index (χ2n) is 6.32. The third-order valence-corrected chi connectivity index (χ3v) is 5.13. The Hall–Kier alpha value is -2.65. The SMILES string of the molecule is CCCOc1ccc(NC(=O)Cn2c(-c3cccs3)n[nH]c2=S)cc1OCCC. The fourth-order valence-corrected chi connectivity index (χ4v) is 3.56. The second-order valence-corrected chi connectivity index (χ2v) is 7.66. The Bertz CT molecular complexity index is 996. The highest BCUT2D eigenvalue weighted by molar-refractivity contribution is 7.71. The number of H-pyrrole nitrogens is 1. The van der Waals surface area contributed by atoms with E-state index < -0.39 is 0 Å². The Morgan fingerprint density at radius 2 is 1.97 bits per heavy atom. The molecule has 154 valence electrons. The molecule has 2 heterocycles. The van der Waals surface area contributed by atoms with Gasteiger partial charge in [0.15, 0.2) is 22.1 Å². The van der Waals surface area contributed by atoms with E-state index in [1.807, 2.05) is 37.4 Å². The first-order valence-corrected chi connectivity index (χ1v) is 10.8. The van der Waals surface area contributed by atoms with Crippen LogP contribution >= 0.6 is 23.6 Å². The molecule has 0 saturated heterocycles. The summed E-state index contributed by atoms with van der Waals surface area (Å²) in [5.74, 6) is 1.74. The van der Waals surface area contributed by atoms with Crippen LogP contribution in [-0.2, 0) is 11.3 Å². The number of thiophene rings is 1. The average molecular weight is 433 g/mol. The highest BCUT2D eigenvalue weighted by atomic mass is 32.1. The van der Waals surface area contributed by atoms with Gasteiger partial charge in [0.1, 0.15) is 6.54 Å². The minimum absolute atomic E-state index is 0.0573. The van der Waals surface area contributed by atoms with Crippen LogP contribution in [0.2, 0.25) is 0 Å². The van der Waals surface area contributed by atoms with Crippen LogP contribution in [0, 0.1) is 4.77 Å². The van der Waals surface area contributed by atoms with Crippen molar-refractivity contribution < 1.29 is 14.3 Å². The summed E-state index contributed by atoms with van der Waals surface area (Å²) >= 11 is 6.83. The molecular weight excluding hydrogens is 408 g/mol. The van der Waals surface area contributed by atoms with Gasteiger partial charge in [-0.2, -0.15) is 5.10 Å². The molecule has 2 N–H and O–H groups in total. The number of carbonyl (C=O) groups is 1. The molecule has 29 heavy (non-hydrogen) atoms. The monoisotopic (exact) mass is 432 g/mol. The molecule has 0 aliphatic heterocycles. The summed E-state index contributed by atoms with van der Waals surface area (Å²) in [6.45, 7) is 5.33. The smallest absolute Gasteiger partial charge is 0.244 e. The van der Waals surface area contributed by atoms with Gasteiger partial charge in [-0.05, 0) is 48.6 Å². The first-order chi connectivity index (χ1) is 14.1. The van der Waals surface area contributed by atoms with Crippen LogP contribution in [0.4, 0.5) is 5.69 Å². The van der Waals surface area contributed by atoms with E-state index in [9.17, 15) is 4.79 Å². The molecule has 0 spiro atoms. The zero-order valence-corrected chi connectivity index (χ0v) is 18.1. The molecule has 2 aromatic heterocycles. The number of benzene rings is 1. The largest absolute Gasteiger partial charge is 0.490 e. The molecule has 0 fully saturated rings. The van der Waals surface area contributed by atoms with Crippen LogP contribution in [0.25, 0.3) is 10.7 Å². The first kappa shape index (κ1) is 21.1. The molecule has 0 radical (unpaired) electrons. The van der Waals surface area contributed by atoms with Crippen LogP contribution in [0.5, 0.6) is 11.5 Å². The van der Waals surface area contributed by atoms with E-state index >= 15 is 0 Å². The Balaban J connectivity index is 1.74. The molecule has 3 rings (SSSR count). The minimum Gasteiger partial charge on any atom is -0.490 e. The zero-order chi connectivity index (χ0) is 20.6. The van der Waals surface area contributed by atoms with Gasteiger partial charge in [-0.15, -0.1) is 11.3 Å². The Kier molecular flexibility index (Phi) is 7.42. The average Bonchev–Trinajstić information content (AvgIpc) is 3.36. The molecular formula is C20H24N4O3S2. The molecule has 0 bridgehead atoms. The maximum atomic E-state index is 12.6. The summed E-state index contributed by atoms with van der Waals surface area (Å²) in [5, 5.41) is 11.9. The number of aromatic amines is 1. The van der Waals surface area contributed by atoms with Crippen molar-refractivity contribution in [3.8, 4) is 22.2 Å². The normalized spacial score (nSPS) is 10.7. The topological polar surface area (TPSA) is 81.2 Å². The maximum absolute atomic E-state index is 12.6. The summed E-state index contributed by atoms with van der Waals surface area (Å²) in [4.78, 5) is 13.6. The summed E-state index contributed by atoms with van der Waals surface area (Å²) in [6, 6.07) is 9.28. The number of rotatable bonds is 10. The molecule has 0 aliphatic rings. The van der Waals surface area contributed by atoms with Crippen molar-refractivity contribution in [2.45, 2.75) is 33.2 Å². The number of nitrogens with zero attached hydrogens (tertiary/aromatic N) is 2. The van der Waals surface area contributed by atoms with Crippen molar-refractivity contribution in [1.82, 2.24) is 14.8 Å². The van der Waals surface area contributed by atoms with Gasteiger partial charge in [-0.25, -0.2) is 0 Å². The molecule has 1 amide bonds. The number of nitrogens with one attached hydrogen (secondary N) is 2. The van der Waals surface area contributed by atoms with Crippen LogP contribution in [0.1, 0.15) is 26.7 Å². The van der Waals surface area contributed by atoms with E-state index in [2.05, 4.69) is 15.5 Å². The first-order valence-electron chi connectivity index (χ1n) is 9.51. The van der Waals surface area contributed by atoms with Crippen molar-refractivity contribution in [3.63, 3.8) is 0 Å². The number of ether oxygens (including phenoxy) is 2. The summed E-state index contributed by atoms with van der Waals surface area (Å²) < 4.78 is 13.6. The van der Waals surface area contributed by atoms with Crippen molar-refractivity contribution in [3.05, 3.63) is 40.5 Å². The molecule has 0 unspecified atom stereocenters. The second kappa shape index (κ2) is 10.2. The fraction of sp³-hybridized carbons (Fsp3) is 0.350. The van der Waals surface area contributed by atoms with Gasteiger partial charge in [0.05, 0.1) is 18.1 Å². The van der Waals surface area contributed by atoms with Gasteiger partial charge in [0.2, 0.25) is 5.91 Å². The minimum atomic E-state index is -0.205. The highest BCUT2D eigenvalue weighted by Gasteiger charge is 2.14. The molecule has 1 aromatic carbocycles. The van der Waals surface area contributed by atoms with Crippen molar-refractivity contribution in [2.24, 2.45) is 0 Å². The van der Waals surface area contributed by atoms with E-state index in [-0.39, 0.29) is 12.5 Å². The van der Waals surface area contributed by atoms with E-state index in [4.69, 9.17) is 21.7 Å². The molecule has 7 nitrogen and oxygen atoms in total. The predicted octanol–water partition coefficient (Wildman–Crippen LogP) is 4.89. The number of hydrogen-bond acceptors (Lipinski definition) is 6. The van der Waals surface area contributed by atoms with Crippen molar-refractivity contribution >= 4 is 35.1 Å². The quantitative estimate of drug-likeness (QED) is 0.446. The lowest BCUT2D eigenvalue weighted by molar-refractivity contribution is -0.116. The van der Waals surface area contributed by atoms with Gasteiger partial charge in [-0.1, -0.05) is 19.9 Å². The highest BCUT2D eigenvalue weighted by Crippen LogP contribution is 2.31. The van der Waals surface area contributed by atoms with Gasteiger partial charge in [-0.3, -0.25) is 14.5 Å². The van der Waals surface area contributed by atoms with Gasteiger partial charge in [0, 0.05) is 11.8 Å². The van der Waals surface area contributed by atoms with E-state index in [1.54, 1.807) is 28.0 Å². The Morgan fingerprint density at radius 3 is 2.66 bits per heavy atom. The van der Waals surface area contributed by atoms with Gasteiger partial charge >= 0.3 is 0 Å². The van der Waals surface area contributed by atoms with Crippen molar-refractivity contribution in [1.29, 1.82) is 0 Å². The molecule has 0 saturated carbocycles. The number of amides is 1. The maximum Gasteiger partial charge on any atom is 0.244 e. The number of aromatic nitrogens is 3. The lowest BCUT2D eigenvalue weighted by atomic mass is 10.2. The third kappa shape index (κ3) is 5.45. The molecule has 3 aromatic rings. The Labute approximate surface area is 178 Å². The van der Waals surface area contributed by atoms with Gasteiger partial charge in [0.25, 0.3) is 0 Å². The zero-order valence-electron chi connectivity index (χ0n) is 16.4. The standard InChI is InChI=1S/C20H24N4O3S2/c1-3-9-26-15-8-7-14(12-16(15)27-10-4-2)21-18(25)13-24-19(22-23-20(24)28)17-6-5-11-29-17/h5-8,11-12H,3-4,9-10,13H2,1-2H3,(H,21,25)(H,23,28). The fourth-order valence-electron chi connectivity index (χ4n) is 2.64. The molecule has 0 aliphatic carbocycles. The van der Waals surface area contributed by atoms with E-state index in [0.29, 0.717) is 41.0 Å². The van der Waals surface area contributed by atoms with E-state index in [1.165, 1.54) is 0 Å². The third-order valence-electron chi connectivity index (χ3n) is 3.95. The summed E-state index contributed by atoms with van der Waals surface area (Å²) in [6.07, 6.45) is 1.79. The molecule has 9 heteroatoms. The van der Waals surface area contributed by atoms with E-state index in [0.717, 1.165) is 17.7 Å². The summed E-state index contributed by atoms with van der Waals surface area (Å²) in [5.41, 5.74) is 0.637. The van der Waals surface area contributed by atoms with Crippen LogP contribution in [0.15, 0.2) is 35.7 Å². The lowest BCUT2D eigenvalue weighted by Crippen LogP contribution is -2.19. The lowest BCUT2D eigenvalue weighted by Gasteiger charge is -2.14. The molecule has 0 atom stereocenters.